The molecule has 4 aliphatic rings. The molecule has 34 heavy (non-hydrogen) atoms. The van der Waals surface area contributed by atoms with Gasteiger partial charge in [-0.3, -0.25) is 4.79 Å². The normalized spacial score (nSPS) is 44.9. The maximum Gasteiger partial charge on any atom is 0.302 e. The van der Waals surface area contributed by atoms with Crippen molar-refractivity contribution in [1.29, 1.82) is 0 Å². The highest BCUT2D eigenvalue weighted by atomic mass is 16.5. The molecule has 2 heteroatoms. The molecular weight excluding hydrogens is 416 g/mol. The lowest BCUT2D eigenvalue weighted by molar-refractivity contribution is -0.226. The van der Waals surface area contributed by atoms with Crippen LogP contribution in [0.3, 0.4) is 0 Å². The van der Waals surface area contributed by atoms with Gasteiger partial charge in [-0.2, -0.15) is 0 Å². The van der Waals surface area contributed by atoms with Crippen molar-refractivity contribution >= 4 is 5.97 Å². The van der Waals surface area contributed by atoms with Crippen LogP contribution in [0.4, 0.5) is 0 Å². The van der Waals surface area contributed by atoms with Gasteiger partial charge in [0.2, 0.25) is 0 Å². The Hall–Kier alpha value is -1.05. The molecule has 0 aromatic heterocycles. The van der Waals surface area contributed by atoms with Crippen molar-refractivity contribution in [3.63, 3.8) is 0 Å². The molecular formula is C32H52O2. The van der Waals surface area contributed by atoms with Crippen LogP contribution >= 0.6 is 0 Å². The fourth-order valence-electron chi connectivity index (χ4n) is 10.4. The molecule has 0 aromatic rings. The zero-order chi connectivity index (χ0) is 25.1. The third kappa shape index (κ3) is 3.85. The number of rotatable bonds is 5. The smallest absolute Gasteiger partial charge is 0.302 e. The summed E-state index contributed by atoms with van der Waals surface area (Å²) in [5.41, 5.74) is 4.17. The standard InChI is InChI=1S/C32H52O2/c1-21(2)11-10-12-22(3)24-15-19-31(8)25(24)13-14-27-30(7)18-17-28(34-23(4)33)29(5,6)26(30)16-20-32(27,31)9/h11,24-28H,3,10,12-20H2,1-2,4-9H3/t24?,25-,26?,27?,28+,30+,31?,32-/m1/s1. The van der Waals surface area contributed by atoms with Gasteiger partial charge in [0, 0.05) is 12.3 Å². The summed E-state index contributed by atoms with van der Waals surface area (Å²) < 4.78 is 5.89. The molecule has 4 saturated carbocycles. The molecule has 0 aromatic carbocycles. The second-order valence-corrected chi connectivity index (χ2v) is 14.3. The molecule has 2 nitrogen and oxygen atoms in total. The van der Waals surface area contributed by atoms with E-state index in [1.807, 2.05) is 0 Å². The van der Waals surface area contributed by atoms with Gasteiger partial charge in [-0.1, -0.05) is 58.4 Å². The summed E-state index contributed by atoms with van der Waals surface area (Å²) in [6.07, 6.45) is 15.1. The molecule has 4 unspecified atom stereocenters. The van der Waals surface area contributed by atoms with Gasteiger partial charge in [-0.15, -0.1) is 0 Å². The Bertz CT molecular complexity index is 847. The van der Waals surface area contributed by atoms with E-state index in [2.05, 4.69) is 61.1 Å². The first kappa shape index (κ1) is 26.0. The summed E-state index contributed by atoms with van der Waals surface area (Å²) in [7, 11) is 0. The predicted molar refractivity (Wildman–Crippen MR) is 142 cm³/mol. The largest absolute Gasteiger partial charge is 0.462 e. The molecule has 0 saturated heterocycles. The summed E-state index contributed by atoms with van der Waals surface area (Å²) >= 11 is 0. The highest BCUT2D eigenvalue weighted by molar-refractivity contribution is 5.66. The van der Waals surface area contributed by atoms with Crippen LogP contribution in [0.5, 0.6) is 0 Å². The monoisotopic (exact) mass is 468 g/mol. The molecule has 0 radical (unpaired) electrons. The summed E-state index contributed by atoms with van der Waals surface area (Å²) in [4.78, 5) is 11.8. The highest BCUT2D eigenvalue weighted by Crippen LogP contribution is 2.75. The van der Waals surface area contributed by atoms with Gasteiger partial charge in [0.25, 0.3) is 0 Å². The van der Waals surface area contributed by atoms with E-state index in [-0.39, 0.29) is 17.5 Å². The van der Waals surface area contributed by atoms with Crippen molar-refractivity contribution in [3.8, 4) is 0 Å². The first-order valence-corrected chi connectivity index (χ1v) is 14.3. The van der Waals surface area contributed by atoms with Gasteiger partial charge in [0.15, 0.2) is 0 Å². The Labute approximate surface area is 210 Å². The molecule has 0 amide bonds. The third-order valence-electron chi connectivity index (χ3n) is 12.2. The lowest BCUT2D eigenvalue weighted by Gasteiger charge is -2.70. The lowest BCUT2D eigenvalue weighted by atomic mass is 9.35. The number of esters is 1. The van der Waals surface area contributed by atoms with E-state index in [1.165, 1.54) is 56.1 Å². The molecule has 0 bridgehead atoms. The summed E-state index contributed by atoms with van der Waals surface area (Å²) in [6, 6.07) is 0. The van der Waals surface area contributed by atoms with Crippen molar-refractivity contribution in [2.45, 2.75) is 126 Å². The van der Waals surface area contributed by atoms with Crippen LogP contribution in [0, 0.1) is 45.3 Å². The highest BCUT2D eigenvalue weighted by Gasteiger charge is 2.68. The third-order valence-corrected chi connectivity index (χ3v) is 12.2. The summed E-state index contributed by atoms with van der Waals surface area (Å²) in [5.74, 6) is 2.81. The average molecular weight is 469 g/mol. The maximum atomic E-state index is 11.8. The van der Waals surface area contributed by atoms with Crippen LogP contribution in [0.15, 0.2) is 23.8 Å². The Morgan fingerprint density at radius 1 is 0.882 bits per heavy atom. The van der Waals surface area contributed by atoms with Crippen molar-refractivity contribution in [2.75, 3.05) is 0 Å². The average Bonchev–Trinajstić information content (AvgIpc) is 3.08. The van der Waals surface area contributed by atoms with Crippen LogP contribution in [-0.4, -0.2) is 12.1 Å². The number of allylic oxidation sites excluding steroid dienone is 3. The first-order valence-electron chi connectivity index (χ1n) is 14.3. The molecule has 4 fully saturated rings. The van der Waals surface area contributed by atoms with E-state index in [9.17, 15) is 4.79 Å². The Kier molecular flexibility index (Phi) is 6.74. The van der Waals surface area contributed by atoms with Crippen molar-refractivity contribution in [2.24, 2.45) is 45.3 Å². The summed E-state index contributed by atoms with van der Waals surface area (Å²) in [6.45, 7) is 23.4. The van der Waals surface area contributed by atoms with Crippen LogP contribution in [-0.2, 0) is 9.53 Å². The summed E-state index contributed by atoms with van der Waals surface area (Å²) in [5, 5.41) is 0. The number of fused-ring (bicyclic) bond motifs is 5. The number of hydrogen-bond donors (Lipinski definition) is 0. The Morgan fingerprint density at radius 3 is 2.21 bits per heavy atom. The van der Waals surface area contributed by atoms with Crippen molar-refractivity contribution < 1.29 is 9.53 Å². The van der Waals surface area contributed by atoms with Gasteiger partial charge in [-0.05, 0) is 118 Å². The van der Waals surface area contributed by atoms with E-state index < -0.39 is 0 Å². The molecule has 0 heterocycles. The zero-order valence-corrected chi connectivity index (χ0v) is 23.6. The first-order chi connectivity index (χ1) is 15.8. The number of ether oxygens (including phenoxy) is 1. The fraction of sp³-hybridized carbons (Fsp3) is 0.844. The quantitative estimate of drug-likeness (QED) is 0.297. The maximum absolute atomic E-state index is 11.8. The minimum absolute atomic E-state index is 0.0508. The van der Waals surface area contributed by atoms with Gasteiger partial charge in [0.05, 0.1) is 0 Å². The Balaban J connectivity index is 1.57. The van der Waals surface area contributed by atoms with E-state index in [0.717, 1.165) is 37.0 Å². The SMILES string of the molecule is C=C(CCC=C(C)C)C1CCC2(C)[C@@H]1CCC1[C@@]3(C)CC[C@H](OC(C)=O)C(C)(C)C3CC[C@]12C. The van der Waals surface area contributed by atoms with Crippen LogP contribution in [0.2, 0.25) is 0 Å². The van der Waals surface area contributed by atoms with Gasteiger partial charge in [-0.25, -0.2) is 0 Å². The molecule has 4 rings (SSSR count). The molecule has 0 aliphatic heterocycles. The van der Waals surface area contributed by atoms with Gasteiger partial charge < -0.3 is 4.74 Å². The number of carbonyl (C=O) groups is 1. The minimum atomic E-state index is -0.114. The van der Waals surface area contributed by atoms with E-state index in [4.69, 9.17) is 4.74 Å². The van der Waals surface area contributed by atoms with Crippen LogP contribution < -0.4 is 0 Å². The van der Waals surface area contributed by atoms with E-state index in [1.54, 1.807) is 6.92 Å². The second-order valence-electron chi connectivity index (χ2n) is 14.3. The van der Waals surface area contributed by atoms with E-state index >= 15 is 0 Å². The minimum Gasteiger partial charge on any atom is -0.462 e. The number of carbonyl (C=O) groups excluding carboxylic acids is 1. The molecule has 4 aliphatic carbocycles. The Morgan fingerprint density at radius 2 is 1.56 bits per heavy atom. The van der Waals surface area contributed by atoms with Crippen LogP contribution in [0.1, 0.15) is 120 Å². The topological polar surface area (TPSA) is 26.3 Å². The van der Waals surface area contributed by atoms with E-state index in [0.29, 0.717) is 22.2 Å². The van der Waals surface area contributed by atoms with Gasteiger partial charge in [0.1, 0.15) is 6.10 Å². The van der Waals surface area contributed by atoms with Crippen molar-refractivity contribution in [1.82, 2.24) is 0 Å². The zero-order valence-electron chi connectivity index (χ0n) is 23.6. The second kappa shape index (κ2) is 8.81. The lowest BCUT2D eigenvalue weighted by Crippen LogP contribution is -2.64. The molecule has 8 atom stereocenters. The van der Waals surface area contributed by atoms with Gasteiger partial charge >= 0.3 is 5.97 Å². The fourth-order valence-corrected chi connectivity index (χ4v) is 10.4. The van der Waals surface area contributed by atoms with Crippen LogP contribution in [0.25, 0.3) is 0 Å². The molecule has 192 valence electrons. The predicted octanol–water partition coefficient (Wildman–Crippen LogP) is 8.91. The van der Waals surface area contributed by atoms with Crippen molar-refractivity contribution in [3.05, 3.63) is 23.8 Å². The number of hydrogen-bond acceptors (Lipinski definition) is 2. The molecule has 0 N–H and O–H groups in total. The molecule has 0 spiro atoms.